The second-order valence-electron chi connectivity index (χ2n) is 5.11. The van der Waals surface area contributed by atoms with E-state index in [1.54, 1.807) is 6.26 Å². The van der Waals surface area contributed by atoms with Gasteiger partial charge in [0.1, 0.15) is 5.76 Å². The van der Waals surface area contributed by atoms with E-state index >= 15 is 0 Å². The number of rotatable bonds is 5. The molecule has 1 aromatic rings. The molecule has 1 saturated carbocycles. The zero-order valence-corrected chi connectivity index (χ0v) is 10.4. The van der Waals surface area contributed by atoms with Gasteiger partial charge in [-0.1, -0.05) is 12.8 Å². The average Bonchev–Trinajstić information content (AvgIpc) is 2.91. The molecule has 0 aliphatic heterocycles. The van der Waals surface area contributed by atoms with Crippen molar-refractivity contribution in [2.24, 2.45) is 5.73 Å². The number of hydrogen-bond acceptors (Lipinski definition) is 4. The SMILES string of the molecule is CN(CC1(O)CCCC1)C(CN)c1ccco1. The molecule has 2 rings (SSSR count). The molecule has 17 heavy (non-hydrogen) atoms. The molecule has 1 aliphatic rings. The van der Waals surface area contributed by atoms with Crippen LogP contribution in [0.5, 0.6) is 0 Å². The van der Waals surface area contributed by atoms with Gasteiger partial charge in [0.25, 0.3) is 0 Å². The van der Waals surface area contributed by atoms with Crippen molar-refractivity contribution in [3.8, 4) is 0 Å². The maximum absolute atomic E-state index is 10.4. The number of hydrogen-bond donors (Lipinski definition) is 2. The Morgan fingerprint density at radius 2 is 2.24 bits per heavy atom. The van der Waals surface area contributed by atoms with Gasteiger partial charge in [-0.05, 0) is 32.0 Å². The third-order valence-corrected chi connectivity index (χ3v) is 3.70. The van der Waals surface area contributed by atoms with Crippen molar-refractivity contribution < 1.29 is 9.52 Å². The molecule has 1 fully saturated rings. The number of aliphatic hydroxyl groups is 1. The van der Waals surface area contributed by atoms with Crippen LogP contribution in [0.15, 0.2) is 22.8 Å². The molecule has 1 unspecified atom stereocenters. The first kappa shape index (κ1) is 12.6. The van der Waals surface area contributed by atoms with Crippen LogP contribution in [-0.2, 0) is 0 Å². The van der Waals surface area contributed by atoms with Crippen molar-refractivity contribution in [1.29, 1.82) is 0 Å². The number of furan rings is 1. The molecule has 1 aromatic heterocycles. The van der Waals surface area contributed by atoms with E-state index in [1.165, 1.54) is 0 Å². The van der Waals surface area contributed by atoms with Crippen molar-refractivity contribution in [2.45, 2.75) is 37.3 Å². The van der Waals surface area contributed by atoms with E-state index in [4.69, 9.17) is 10.2 Å². The highest BCUT2D eigenvalue weighted by Crippen LogP contribution is 2.32. The summed E-state index contributed by atoms with van der Waals surface area (Å²) in [7, 11) is 2.00. The molecule has 3 N–H and O–H groups in total. The average molecular weight is 238 g/mol. The first-order valence-electron chi connectivity index (χ1n) is 6.31. The summed E-state index contributed by atoms with van der Waals surface area (Å²) >= 11 is 0. The second kappa shape index (κ2) is 5.21. The van der Waals surface area contributed by atoms with E-state index in [0.717, 1.165) is 31.4 Å². The van der Waals surface area contributed by atoms with Crippen LogP contribution in [-0.4, -0.2) is 35.7 Å². The van der Waals surface area contributed by atoms with E-state index in [9.17, 15) is 5.11 Å². The lowest BCUT2D eigenvalue weighted by Crippen LogP contribution is -2.42. The molecule has 1 heterocycles. The highest BCUT2D eigenvalue weighted by Gasteiger charge is 2.34. The maximum atomic E-state index is 10.4. The predicted molar refractivity (Wildman–Crippen MR) is 66.6 cm³/mol. The summed E-state index contributed by atoms with van der Waals surface area (Å²) < 4.78 is 5.40. The molecule has 0 amide bonds. The summed E-state index contributed by atoms with van der Waals surface area (Å²) in [5.41, 5.74) is 5.27. The van der Waals surface area contributed by atoms with Gasteiger partial charge >= 0.3 is 0 Å². The van der Waals surface area contributed by atoms with Crippen LogP contribution < -0.4 is 5.73 Å². The quantitative estimate of drug-likeness (QED) is 0.816. The molecule has 1 atom stereocenters. The molecular weight excluding hydrogens is 216 g/mol. The summed E-state index contributed by atoms with van der Waals surface area (Å²) in [4.78, 5) is 2.10. The van der Waals surface area contributed by atoms with Crippen LogP contribution >= 0.6 is 0 Å². The van der Waals surface area contributed by atoms with E-state index in [2.05, 4.69) is 4.90 Å². The van der Waals surface area contributed by atoms with Gasteiger partial charge in [0.15, 0.2) is 0 Å². The van der Waals surface area contributed by atoms with Crippen LogP contribution in [0.4, 0.5) is 0 Å². The minimum Gasteiger partial charge on any atom is -0.468 e. The van der Waals surface area contributed by atoms with Gasteiger partial charge in [0.2, 0.25) is 0 Å². The fourth-order valence-electron chi connectivity index (χ4n) is 2.76. The Morgan fingerprint density at radius 1 is 1.53 bits per heavy atom. The fraction of sp³-hybridized carbons (Fsp3) is 0.692. The monoisotopic (exact) mass is 238 g/mol. The Kier molecular flexibility index (Phi) is 3.86. The summed E-state index contributed by atoms with van der Waals surface area (Å²) in [5, 5.41) is 10.4. The van der Waals surface area contributed by atoms with Gasteiger partial charge in [-0.15, -0.1) is 0 Å². The predicted octanol–water partition coefficient (Wildman–Crippen LogP) is 1.52. The van der Waals surface area contributed by atoms with E-state index in [-0.39, 0.29) is 6.04 Å². The first-order valence-corrected chi connectivity index (χ1v) is 6.31. The summed E-state index contributed by atoms with van der Waals surface area (Å²) in [6.45, 7) is 1.16. The molecule has 0 spiro atoms. The lowest BCUT2D eigenvalue weighted by molar-refractivity contribution is 0.00363. The van der Waals surface area contributed by atoms with Crippen LogP contribution in [0.2, 0.25) is 0 Å². The Morgan fingerprint density at radius 3 is 2.76 bits per heavy atom. The smallest absolute Gasteiger partial charge is 0.122 e. The molecule has 0 bridgehead atoms. The van der Waals surface area contributed by atoms with Crippen LogP contribution in [0.25, 0.3) is 0 Å². The third-order valence-electron chi connectivity index (χ3n) is 3.70. The number of likely N-dealkylation sites (N-methyl/N-ethyl adjacent to an activating group) is 1. The molecule has 0 saturated heterocycles. The lowest BCUT2D eigenvalue weighted by atomic mass is 10.0. The highest BCUT2D eigenvalue weighted by atomic mass is 16.3. The van der Waals surface area contributed by atoms with Crippen molar-refractivity contribution in [2.75, 3.05) is 20.1 Å². The van der Waals surface area contributed by atoms with Crippen LogP contribution in [0.1, 0.15) is 37.5 Å². The van der Waals surface area contributed by atoms with Crippen LogP contribution in [0.3, 0.4) is 0 Å². The molecule has 4 nitrogen and oxygen atoms in total. The Labute approximate surface area is 102 Å². The Bertz CT molecular complexity index is 331. The van der Waals surface area contributed by atoms with E-state index in [1.807, 2.05) is 19.2 Å². The molecule has 4 heteroatoms. The van der Waals surface area contributed by atoms with Crippen molar-refractivity contribution in [3.05, 3.63) is 24.2 Å². The van der Waals surface area contributed by atoms with Crippen molar-refractivity contribution >= 4 is 0 Å². The maximum Gasteiger partial charge on any atom is 0.122 e. The van der Waals surface area contributed by atoms with E-state index < -0.39 is 5.60 Å². The van der Waals surface area contributed by atoms with Crippen molar-refractivity contribution in [3.63, 3.8) is 0 Å². The first-order chi connectivity index (χ1) is 8.14. The zero-order chi connectivity index (χ0) is 12.3. The number of nitrogens with zero attached hydrogens (tertiary/aromatic N) is 1. The number of nitrogens with two attached hydrogens (primary N) is 1. The topological polar surface area (TPSA) is 62.6 Å². The third kappa shape index (κ3) is 2.89. The van der Waals surface area contributed by atoms with Crippen molar-refractivity contribution in [1.82, 2.24) is 4.90 Å². The lowest BCUT2D eigenvalue weighted by Gasteiger charge is -2.32. The largest absolute Gasteiger partial charge is 0.468 e. The molecular formula is C13H22N2O2. The highest BCUT2D eigenvalue weighted by molar-refractivity contribution is 5.05. The summed E-state index contributed by atoms with van der Waals surface area (Å²) in [6.07, 6.45) is 5.70. The van der Waals surface area contributed by atoms with Gasteiger partial charge < -0.3 is 15.3 Å². The summed E-state index contributed by atoms with van der Waals surface area (Å²) in [5.74, 6) is 0.872. The standard InChI is InChI=1S/C13H22N2O2/c1-15(10-13(16)6-2-3-7-13)11(9-14)12-5-4-8-17-12/h4-5,8,11,16H,2-3,6-7,9-10,14H2,1H3. The molecule has 0 aromatic carbocycles. The van der Waals surface area contributed by atoms with Gasteiger partial charge in [0, 0.05) is 13.1 Å². The van der Waals surface area contributed by atoms with Gasteiger partial charge in [-0.25, -0.2) is 0 Å². The molecule has 96 valence electrons. The second-order valence-corrected chi connectivity index (χ2v) is 5.11. The van der Waals surface area contributed by atoms with Gasteiger partial charge in [-0.3, -0.25) is 4.90 Å². The Balaban J connectivity index is 2.00. The fourth-order valence-corrected chi connectivity index (χ4v) is 2.76. The van der Waals surface area contributed by atoms with Gasteiger partial charge in [0.05, 0.1) is 17.9 Å². The molecule has 1 aliphatic carbocycles. The molecule has 0 radical (unpaired) electrons. The van der Waals surface area contributed by atoms with Gasteiger partial charge in [-0.2, -0.15) is 0 Å². The minimum absolute atomic E-state index is 0.0506. The summed E-state index contributed by atoms with van der Waals surface area (Å²) in [6, 6.07) is 3.86. The zero-order valence-electron chi connectivity index (χ0n) is 10.4. The van der Waals surface area contributed by atoms with Crippen LogP contribution in [0, 0.1) is 0 Å². The normalized spacial score (nSPS) is 20.9. The minimum atomic E-state index is -0.533. The van der Waals surface area contributed by atoms with E-state index in [0.29, 0.717) is 13.1 Å². The Hall–Kier alpha value is -0.840.